The molecule has 0 unspecified atom stereocenters. The van der Waals surface area contributed by atoms with Crippen LogP contribution in [0.3, 0.4) is 0 Å². The van der Waals surface area contributed by atoms with E-state index in [0.717, 1.165) is 5.69 Å². The molecular formula is C9H10Cl2N2O. The van der Waals surface area contributed by atoms with Gasteiger partial charge in [0.15, 0.2) is 10.6 Å². The third-order valence-corrected chi connectivity index (χ3v) is 2.35. The number of carbonyl (C=O) groups excluding carboxylic acids is 1. The molecule has 0 amide bonds. The number of pyridine rings is 1. The molecule has 0 saturated heterocycles. The van der Waals surface area contributed by atoms with Gasteiger partial charge in [-0.1, -0.05) is 29.3 Å². The van der Waals surface area contributed by atoms with Crippen molar-refractivity contribution in [2.24, 2.45) is 0 Å². The van der Waals surface area contributed by atoms with Gasteiger partial charge in [0.05, 0.1) is 6.54 Å². The molecule has 0 fully saturated rings. The number of halogens is 2. The zero-order valence-corrected chi connectivity index (χ0v) is 9.14. The Hall–Kier alpha value is -0.800. The topological polar surface area (TPSA) is 45.9 Å². The van der Waals surface area contributed by atoms with E-state index >= 15 is 0 Å². The number of nitrogens with zero attached hydrogens (tertiary/aromatic N) is 1. The zero-order chi connectivity index (χ0) is 10.7. The van der Waals surface area contributed by atoms with Crippen molar-refractivity contribution in [1.29, 1.82) is 5.41 Å². The molecule has 1 aromatic rings. The Morgan fingerprint density at radius 3 is 2.71 bits per heavy atom. The molecule has 0 spiro atoms. The standard InChI is InChI=1S/C9H10Cl2N2O/c1-6-3-2-4-8(12)13(6)5-7(14)9(10)11/h2-4,9,12H,5H2,1H3. The first-order valence-electron chi connectivity index (χ1n) is 4.04. The average Bonchev–Trinajstić information content (AvgIpc) is 2.11. The van der Waals surface area contributed by atoms with Crippen LogP contribution in [-0.4, -0.2) is 15.2 Å². The number of ketones is 1. The van der Waals surface area contributed by atoms with Gasteiger partial charge in [-0.2, -0.15) is 0 Å². The molecule has 0 aliphatic carbocycles. The molecule has 0 atom stereocenters. The van der Waals surface area contributed by atoms with Crippen LogP contribution in [0.4, 0.5) is 0 Å². The molecule has 1 rings (SSSR count). The number of nitrogens with one attached hydrogen (secondary N) is 1. The summed E-state index contributed by atoms with van der Waals surface area (Å²) in [5.41, 5.74) is 1.10. The van der Waals surface area contributed by atoms with Crippen LogP contribution in [0.25, 0.3) is 0 Å². The monoisotopic (exact) mass is 232 g/mol. The lowest BCUT2D eigenvalue weighted by Crippen LogP contribution is -2.27. The minimum atomic E-state index is -1.03. The summed E-state index contributed by atoms with van der Waals surface area (Å²) in [7, 11) is 0. The van der Waals surface area contributed by atoms with E-state index in [1.165, 1.54) is 0 Å². The summed E-state index contributed by atoms with van der Waals surface area (Å²) in [5.74, 6) is -0.305. The van der Waals surface area contributed by atoms with Crippen molar-refractivity contribution in [2.75, 3.05) is 0 Å². The molecule has 1 heterocycles. The first-order valence-corrected chi connectivity index (χ1v) is 4.91. The fraction of sp³-hybridized carbons (Fsp3) is 0.333. The van der Waals surface area contributed by atoms with Crippen molar-refractivity contribution in [3.8, 4) is 0 Å². The second kappa shape index (κ2) is 4.62. The van der Waals surface area contributed by atoms with Gasteiger partial charge in [-0.25, -0.2) is 0 Å². The smallest absolute Gasteiger partial charge is 0.185 e. The molecule has 3 nitrogen and oxygen atoms in total. The highest BCUT2D eigenvalue weighted by Gasteiger charge is 2.12. The second-order valence-electron chi connectivity index (χ2n) is 2.91. The highest BCUT2D eigenvalue weighted by molar-refractivity contribution is 6.53. The van der Waals surface area contributed by atoms with Crippen LogP contribution >= 0.6 is 23.2 Å². The molecule has 0 bridgehead atoms. The summed E-state index contributed by atoms with van der Waals surface area (Å²) >= 11 is 10.8. The van der Waals surface area contributed by atoms with Crippen LogP contribution in [0, 0.1) is 12.3 Å². The summed E-state index contributed by atoms with van der Waals surface area (Å²) < 4.78 is 1.56. The Labute approximate surface area is 91.8 Å². The van der Waals surface area contributed by atoms with E-state index in [9.17, 15) is 4.79 Å². The largest absolute Gasteiger partial charge is 0.323 e. The fourth-order valence-corrected chi connectivity index (χ4v) is 1.22. The van der Waals surface area contributed by atoms with Gasteiger partial charge in [-0.05, 0) is 19.1 Å². The van der Waals surface area contributed by atoms with Gasteiger partial charge in [0, 0.05) is 5.69 Å². The summed E-state index contributed by atoms with van der Waals surface area (Å²) in [6, 6.07) is 5.19. The van der Waals surface area contributed by atoms with Crippen LogP contribution in [-0.2, 0) is 11.3 Å². The third kappa shape index (κ3) is 2.59. The maximum atomic E-state index is 11.2. The maximum absolute atomic E-state index is 11.2. The molecule has 0 aliphatic heterocycles. The van der Waals surface area contributed by atoms with Crippen molar-refractivity contribution in [1.82, 2.24) is 4.57 Å². The number of alkyl halides is 2. The van der Waals surface area contributed by atoms with Crippen LogP contribution in [0.5, 0.6) is 0 Å². The number of carbonyl (C=O) groups is 1. The highest BCUT2D eigenvalue weighted by atomic mass is 35.5. The molecule has 14 heavy (non-hydrogen) atoms. The molecule has 0 radical (unpaired) electrons. The fourth-order valence-electron chi connectivity index (χ4n) is 1.08. The van der Waals surface area contributed by atoms with Gasteiger partial charge in [0.25, 0.3) is 0 Å². The van der Waals surface area contributed by atoms with Gasteiger partial charge in [-0.3, -0.25) is 10.2 Å². The Morgan fingerprint density at radius 2 is 2.21 bits per heavy atom. The van der Waals surface area contributed by atoms with E-state index in [0.29, 0.717) is 0 Å². The van der Waals surface area contributed by atoms with E-state index in [2.05, 4.69) is 0 Å². The summed E-state index contributed by atoms with van der Waals surface area (Å²) in [4.78, 5) is 10.2. The first kappa shape index (κ1) is 11.3. The van der Waals surface area contributed by atoms with E-state index in [-0.39, 0.29) is 17.8 Å². The number of rotatable bonds is 3. The Balaban J connectivity index is 2.97. The SMILES string of the molecule is Cc1cccc(=N)n1CC(=O)C(Cl)Cl. The van der Waals surface area contributed by atoms with E-state index < -0.39 is 4.84 Å². The lowest BCUT2D eigenvalue weighted by atomic mass is 10.3. The van der Waals surface area contributed by atoms with Gasteiger partial charge in [0.1, 0.15) is 5.49 Å². The average molecular weight is 233 g/mol. The number of hydrogen-bond acceptors (Lipinski definition) is 2. The Morgan fingerprint density at radius 1 is 1.57 bits per heavy atom. The molecule has 0 aliphatic rings. The molecule has 0 saturated carbocycles. The van der Waals surface area contributed by atoms with Gasteiger partial charge >= 0.3 is 0 Å². The van der Waals surface area contributed by atoms with Gasteiger partial charge < -0.3 is 4.57 Å². The normalized spacial score (nSPS) is 10.6. The summed E-state index contributed by atoms with van der Waals surface area (Å²) in [6.45, 7) is 1.87. The van der Waals surface area contributed by atoms with Crippen LogP contribution in [0.2, 0.25) is 0 Å². The first-order chi connectivity index (χ1) is 6.52. The molecule has 76 valence electrons. The quantitative estimate of drug-likeness (QED) is 0.792. The molecule has 5 heteroatoms. The van der Waals surface area contributed by atoms with Crippen molar-refractivity contribution < 1.29 is 4.79 Å². The predicted molar refractivity (Wildman–Crippen MR) is 55.5 cm³/mol. The van der Waals surface area contributed by atoms with Crippen LogP contribution in [0.1, 0.15) is 5.69 Å². The Kier molecular flexibility index (Phi) is 3.72. The minimum absolute atomic E-state index is 0.0448. The Bertz CT molecular complexity index is 398. The summed E-state index contributed by atoms with van der Waals surface area (Å²) in [5, 5.41) is 7.57. The number of aromatic nitrogens is 1. The van der Waals surface area contributed by atoms with Crippen molar-refractivity contribution in [2.45, 2.75) is 18.3 Å². The van der Waals surface area contributed by atoms with E-state index in [4.69, 9.17) is 28.6 Å². The van der Waals surface area contributed by atoms with E-state index in [1.807, 2.05) is 13.0 Å². The van der Waals surface area contributed by atoms with Gasteiger partial charge in [0.2, 0.25) is 0 Å². The summed E-state index contributed by atoms with van der Waals surface area (Å²) in [6.07, 6.45) is 0. The lowest BCUT2D eigenvalue weighted by molar-refractivity contribution is -0.118. The predicted octanol–water partition coefficient (Wildman–Crippen LogP) is 1.65. The molecule has 0 aromatic carbocycles. The minimum Gasteiger partial charge on any atom is -0.323 e. The zero-order valence-electron chi connectivity index (χ0n) is 7.63. The number of Topliss-reactive ketones (excluding diaryl/α,β-unsaturated/α-hetero) is 1. The maximum Gasteiger partial charge on any atom is 0.185 e. The van der Waals surface area contributed by atoms with Crippen molar-refractivity contribution >= 4 is 29.0 Å². The van der Waals surface area contributed by atoms with Crippen molar-refractivity contribution in [3.05, 3.63) is 29.4 Å². The van der Waals surface area contributed by atoms with Crippen LogP contribution < -0.4 is 5.49 Å². The third-order valence-electron chi connectivity index (χ3n) is 1.87. The molecular weight excluding hydrogens is 223 g/mol. The lowest BCUT2D eigenvalue weighted by Gasteiger charge is -2.09. The van der Waals surface area contributed by atoms with Gasteiger partial charge in [-0.15, -0.1) is 0 Å². The van der Waals surface area contributed by atoms with E-state index in [1.54, 1.807) is 16.7 Å². The highest BCUT2D eigenvalue weighted by Crippen LogP contribution is 2.05. The molecule has 1 N–H and O–H groups in total. The van der Waals surface area contributed by atoms with Crippen LogP contribution in [0.15, 0.2) is 18.2 Å². The molecule has 1 aromatic heterocycles. The number of hydrogen-bond donors (Lipinski definition) is 1. The number of aryl methyl sites for hydroxylation is 1. The van der Waals surface area contributed by atoms with Crippen molar-refractivity contribution in [3.63, 3.8) is 0 Å². The second-order valence-corrected chi connectivity index (χ2v) is 4.00.